The fourth-order valence-electron chi connectivity index (χ4n) is 5.80. The minimum Gasteiger partial charge on any atom is -0.378 e. The van der Waals surface area contributed by atoms with Gasteiger partial charge in [-0.3, -0.25) is 9.80 Å². The molecule has 2 saturated heterocycles. The van der Waals surface area contributed by atoms with E-state index in [4.69, 9.17) is 4.74 Å². The lowest BCUT2D eigenvalue weighted by Crippen LogP contribution is -2.52. The van der Waals surface area contributed by atoms with Crippen molar-refractivity contribution in [3.63, 3.8) is 0 Å². The quantitative estimate of drug-likeness (QED) is 0.639. The number of benzene rings is 1. The maximum Gasteiger partial charge on any atom is 0.173 e. The van der Waals surface area contributed by atoms with Crippen molar-refractivity contribution in [2.24, 2.45) is 0 Å². The number of tetrazole rings is 1. The van der Waals surface area contributed by atoms with Crippen LogP contribution >= 0.6 is 0 Å². The molecule has 0 N–H and O–H groups in total. The van der Waals surface area contributed by atoms with Crippen molar-refractivity contribution in [1.29, 1.82) is 0 Å². The van der Waals surface area contributed by atoms with Gasteiger partial charge in [0, 0.05) is 58.6 Å². The minimum atomic E-state index is 0.0612. The zero-order valence-electron chi connectivity index (χ0n) is 20.3. The molecule has 0 radical (unpaired) electrons. The highest BCUT2D eigenvalue weighted by Crippen LogP contribution is 2.31. The molecule has 1 aromatic heterocycles. The van der Waals surface area contributed by atoms with Crippen LogP contribution in [0.3, 0.4) is 0 Å². The van der Waals surface area contributed by atoms with Crippen LogP contribution in [0.1, 0.15) is 62.4 Å². The highest BCUT2D eigenvalue weighted by molar-refractivity contribution is 5.47. The Morgan fingerprint density at radius 2 is 1.73 bits per heavy atom. The van der Waals surface area contributed by atoms with Crippen LogP contribution in [0, 0.1) is 0 Å². The first kappa shape index (κ1) is 22.7. The van der Waals surface area contributed by atoms with E-state index in [-0.39, 0.29) is 12.1 Å². The van der Waals surface area contributed by atoms with Gasteiger partial charge in [-0.05, 0) is 53.8 Å². The summed E-state index contributed by atoms with van der Waals surface area (Å²) in [6.07, 6.45) is 9.36. The first-order valence-corrected chi connectivity index (χ1v) is 12.8. The monoisotopic (exact) mass is 453 g/mol. The zero-order chi connectivity index (χ0) is 22.6. The third-order valence-corrected chi connectivity index (χ3v) is 7.74. The average molecular weight is 454 g/mol. The first-order valence-electron chi connectivity index (χ1n) is 12.8. The van der Waals surface area contributed by atoms with Crippen molar-refractivity contribution < 1.29 is 4.74 Å². The van der Waals surface area contributed by atoms with Crippen LogP contribution in [0.5, 0.6) is 0 Å². The van der Waals surface area contributed by atoms with Crippen molar-refractivity contribution in [3.8, 4) is 0 Å². The summed E-state index contributed by atoms with van der Waals surface area (Å²) in [4.78, 5) is 7.46. The molecule has 2 atom stereocenters. The Bertz CT molecular complexity index is 863. The third kappa shape index (κ3) is 5.23. The Balaban J connectivity index is 1.37. The van der Waals surface area contributed by atoms with E-state index in [0.29, 0.717) is 0 Å². The van der Waals surface area contributed by atoms with E-state index in [2.05, 4.69) is 68.6 Å². The minimum absolute atomic E-state index is 0.0612. The van der Waals surface area contributed by atoms with Gasteiger partial charge in [0.2, 0.25) is 0 Å². The first-order chi connectivity index (χ1) is 16.2. The van der Waals surface area contributed by atoms with Gasteiger partial charge < -0.3 is 9.64 Å². The molecule has 8 heteroatoms. The predicted molar refractivity (Wildman–Crippen MR) is 129 cm³/mol. The molecule has 0 spiro atoms. The number of ether oxygens (including phenoxy) is 1. The number of piperazine rings is 1. The Labute approximate surface area is 197 Å². The summed E-state index contributed by atoms with van der Waals surface area (Å²) in [5.74, 6) is 0.939. The van der Waals surface area contributed by atoms with Gasteiger partial charge in [-0.1, -0.05) is 31.4 Å². The SMILES string of the molecule is CN(C)c1ccc([C@H](c2nnnn2C[C@H]2CCCO2)N2CCN(C3CCCCC3)CC2)cc1. The Morgan fingerprint density at radius 1 is 0.970 bits per heavy atom. The van der Waals surface area contributed by atoms with Crippen molar-refractivity contribution in [3.05, 3.63) is 35.7 Å². The van der Waals surface area contributed by atoms with E-state index in [9.17, 15) is 0 Å². The summed E-state index contributed by atoms with van der Waals surface area (Å²) in [6.45, 7) is 5.93. The van der Waals surface area contributed by atoms with E-state index in [1.165, 1.54) is 43.4 Å². The summed E-state index contributed by atoms with van der Waals surface area (Å²) < 4.78 is 7.89. The van der Waals surface area contributed by atoms with E-state index in [0.717, 1.165) is 64.0 Å². The Kier molecular flexibility index (Phi) is 7.23. The molecule has 2 aromatic rings. The summed E-state index contributed by atoms with van der Waals surface area (Å²) in [7, 11) is 4.16. The molecule has 2 aliphatic heterocycles. The van der Waals surface area contributed by atoms with Crippen LogP contribution in [-0.4, -0.2) is 89.0 Å². The topological polar surface area (TPSA) is 62.6 Å². The van der Waals surface area contributed by atoms with Gasteiger partial charge in [-0.2, -0.15) is 0 Å². The second-order valence-electron chi connectivity index (χ2n) is 10.1. The number of nitrogens with zero attached hydrogens (tertiary/aromatic N) is 7. The lowest BCUT2D eigenvalue weighted by molar-refractivity contribution is 0.0595. The molecule has 8 nitrogen and oxygen atoms in total. The van der Waals surface area contributed by atoms with E-state index >= 15 is 0 Å². The Morgan fingerprint density at radius 3 is 2.39 bits per heavy atom. The molecule has 180 valence electrons. The van der Waals surface area contributed by atoms with Gasteiger partial charge in [0.15, 0.2) is 5.82 Å². The lowest BCUT2D eigenvalue weighted by Gasteiger charge is -2.43. The van der Waals surface area contributed by atoms with Crippen molar-refractivity contribution >= 4 is 5.69 Å². The van der Waals surface area contributed by atoms with Gasteiger partial charge in [0.25, 0.3) is 0 Å². The highest BCUT2D eigenvalue weighted by atomic mass is 16.5. The molecule has 1 saturated carbocycles. The summed E-state index contributed by atoms with van der Waals surface area (Å²) in [5, 5.41) is 13.0. The molecule has 5 rings (SSSR count). The van der Waals surface area contributed by atoms with Crippen LogP contribution in [0.15, 0.2) is 24.3 Å². The maximum absolute atomic E-state index is 5.89. The van der Waals surface area contributed by atoms with Crippen LogP contribution in [-0.2, 0) is 11.3 Å². The maximum atomic E-state index is 5.89. The van der Waals surface area contributed by atoms with Crippen LogP contribution in [0.25, 0.3) is 0 Å². The van der Waals surface area contributed by atoms with Gasteiger partial charge in [-0.15, -0.1) is 5.10 Å². The number of anilines is 1. The zero-order valence-corrected chi connectivity index (χ0v) is 20.3. The van der Waals surface area contributed by atoms with E-state index < -0.39 is 0 Å². The number of rotatable bonds is 7. The molecule has 1 aromatic carbocycles. The van der Waals surface area contributed by atoms with Gasteiger partial charge in [-0.25, -0.2) is 4.68 Å². The number of hydrogen-bond acceptors (Lipinski definition) is 7. The molecule has 3 fully saturated rings. The van der Waals surface area contributed by atoms with Gasteiger partial charge in [0.1, 0.15) is 0 Å². The smallest absolute Gasteiger partial charge is 0.173 e. The van der Waals surface area contributed by atoms with E-state index in [1.807, 2.05) is 4.68 Å². The second kappa shape index (κ2) is 10.5. The largest absolute Gasteiger partial charge is 0.378 e. The molecular formula is C25H39N7O. The summed E-state index contributed by atoms with van der Waals surface area (Å²) >= 11 is 0. The molecule has 0 amide bonds. The molecule has 3 heterocycles. The van der Waals surface area contributed by atoms with Crippen molar-refractivity contribution in [2.45, 2.75) is 69.7 Å². The van der Waals surface area contributed by atoms with E-state index in [1.54, 1.807) is 0 Å². The van der Waals surface area contributed by atoms with Crippen molar-refractivity contribution in [1.82, 2.24) is 30.0 Å². The lowest BCUT2D eigenvalue weighted by atomic mass is 9.93. The summed E-state index contributed by atoms with van der Waals surface area (Å²) in [6, 6.07) is 9.75. The third-order valence-electron chi connectivity index (χ3n) is 7.74. The highest BCUT2D eigenvalue weighted by Gasteiger charge is 2.33. The van der Waals surface area contributed by atoms with Gasteiger partial charge in [0.05, 0.1) is 18.7 Å². The number of hydrogen-bond donors (Lipinski definition) is 0. The number of aromatic nitrogens is 4. The summed E-state index contributed by atoms with van der Waals surface area (Å²) in [5.41, 5.74) is 2.47. The Hall–Kier alpha value is -2.03. The van der Waals surface area contributed by atoms with Crippen molar-refractivity contribution in [2.75, 3.05) is 51.8 Å². The van der Waals surface area contributed by atoms with Gasteiger partial charge >= 0.3 is 0 Å². The molecule has 0 bridgehead atoms. The average Bonchev–Trinajstić information content (AvgIpc) is 3.54. The molecule has 3 aliphatic rings. The standard InChI is InChI=1S/C25H39N7O/c1-29(2)21-12-10-20(11-13-21)24(25-26-27-28-32(25)19-23-9-6-18-33-23)31-16-14-30(15-17-31)22-7-4-3-5-8-22/h10-13,22-24H,3-9,14-19H2,1-2H3/t23-,24-/m1/s1. The van der Waals surface area contributed by atoms with Crippen LogP contribution in [0.4, 0.5) is 5.69 Å². The molecule has 0 unspecified atom stereocenters. The fraction of sp³-hybridized carbons (Fsp3) is 0.720. The molecule has 1 aliphatic carbocycles. The normalized spacial score (nSPS) is 24.2. The second-order valence-corrected chi connectivity index (χ2v) is 10.1. The molecule has 33 heavy (non-hydrogen) atoms. The predicted octanol–water partition coefficient (Wildman–Crippen LogP) is 2.96. The molecular weight excluding hydrogens is 414 g/mol. The fourth-order valence-corrected chi connectivity index (χ4v) is 5.80. The van der Waals surface area contributed by atoms with Crippen LogP contribution in [0.2, 0.25) is 0 Å². The van der Waals surface area contributed by atoms with Crippen LogP contribution < -0.4 is 4.90 Å².